The Bertz CT molecular complexity index is 3910. The van der Waals surface area contributed by atoms with Crippen molar-refractivity contribution in [2.75, 3.05) is 4.90 Å². The molecular weight excluding hydrogens is 873 g/mol. The number of nitrogens with zero attached hydrogens (tertiary/aromatic N) is 2. The number of hydrogen-bond donors (Lipinski definition) is 0. The minimum atomic E-state index is -2.65. The van der Waals surface area contributed by atoms with Crippen LogP contribution in [-0.2, 0) is 0 Å². The van der Waals surface area contributed by atoms with Crippen LogP contribution in [0.25, 0.3) is 71.3 Å². The Morgan fingerprint density at radius 1 is 0.282 bits per heavy atom. The van der Waals surface area contributed by atoms with Crippen molar-refractivity contribution in [2.45, 2.75) is 0 Å². The maximum Gasteiger partial charge on any atom is 0.179 e. The molecule has 13 aromatic rings. The lowest BCUT2D eigenvalue weighted by Gasteiger charge is -2.34. The first kappa shape index (κ1) is 42.1. The van der Waals surface area contributed by atoms with E-state index in [4.69, 9.17) is 0 Å². The Kier molecular flexibility index (Phi) is 10.6. The van der Waals surface area contributed by atoms with Crippen LogP contribution in [0, 0.1) is 0 Å². The molecule has 334 valence electrons. The van der Waals surface area contributed by atoms with E-state index in [1.165, 1.54) is 86.5 Å². The summed E-state index contributed by atoms with van der Waals surface area (Å²) in [7, 11) is -2.65. The quantitative estimate of drug-likeness (QED) is 0.0980. The molecule has 1 heterocycles. The smallest absolute Gasteiger partial charge is 0.179 e. The van der Waals surface area contributed by atoms with E-state index in [0.717, 1.165) is 22.6 Å². The summed E-state index contributed by atoms with van der Waals surface area (Å²) in [6.45, 7) is 0. The van der Waals surface area contributed by atoms with Gasteiger partial charge in [-0.1, -0.05) is 243 Å². The Morgan fingerprint density at radius 2 is 0.704 bits per heavy atom. The van der Waals surface area contributed by atoms with E-state index in [1.807, 2.05) is 0 Å². The molecule has 0 saturated carbocycles. The highest BCUT2D eigenvalue weighted by Gasteiger charge is 2.41. The zero-order valence-corrected chi connectivity index (χ0v) is 40.1. The Balaban J connectivity index is 0.953. The Morgan fingerprint density at radius 3 is 1.31 bits per heavy atom. The molecule has 0 amide bonds. The first-order valence-corrected chi connectivity index (χ1v) is 26.5. The van der Waals surface area contributed by atoms with Crippen molar-refractivity contribution in [3.63, 3.8) is 0 Å². The number of aromatic nitrogens is 1. The largest absolute Gasteiger partial charge is 0.310 e. The van der Waals surface area contributed by atoms with Crippen LogP contribution in [0.2, 0.25) is 0 Å². The van der Waals surface area contributed by atoms with E-state index in [0.29, 0.717) is 0 Å². The third-order valence-electron chi connectivity index (χ3n) is 14.5. The molecule has 3 heteroatoms. The fraction of sp³-hybridized carbons (Fsp3) is 0. The molecule has 0 saturated heterocycles. The van der Waals surface area contributed by atoms with E-state index in [-0.39, 0.29) is 0 Å². The van der Waals surface area contributed by atoms with Crippen LogP contribution in [0.5, 0.6) is 0 Å². The molecular formula is C68H48N2Si. The molecule has 0 unspecified atom stereocenters. The van der Waals surface area contributed by atoms with Crippen molar-refractivity contribution < 1.29 is 0 Å². The second-order valence-electron chi connectivity index (χ2n) is 18.4. The van der Waals surface area contributed by atoms with Gasteiger partial charge in [-0.05, 0) is 108 Å². The summed E-state index contributed by atoms with van der Waals surface area (Å²) in [5, 5.41) is 12.8. The molecule has 71 heavy (non-hydrogen) atoms. The second kappa shape index (κ2) is 17.8. The van der Waals surface area contributed by atoms with Crippen molar-refractivity contribution in [3.8, 4) is 27.9 Å². The summed E-state index contributed by atoms with van der Waals surface area (Å²) in [6.07, 6.45) is 0. The number of anilines is 3. The van der Waals surface area contributed by atoms with Crippen LogP contribution in [0.15, 0.2) is 291 Å². The molecule has 0 N–H and O–H groups in total. The summed E-state index contributed by atoms with van der Waals surface area (Å²) >= 11 is 0. The van der Waals surface area contributed by atoms with Crippen LogP contribution in [0.3, 0.4) is 0 Å². The molecule has 0 bridgehead atoms. The summed E-state index contributed by atoms with van der Waals surface area (Å²) in [5.74, 6) is 0. The van der Waals surface area contributed by atoms with E-state index in [2.05, 4.69) is 301 Å². The van der Waals surface area contributed by atoms with Gasteiger partial charge in [-0.3, -0.25) is 0 Å². The van der Waals surface area contributed by atoms with Crippen LogP contribution in [0.4, 0.5) is 17.1 Å². The van der Waals surface area contributed by atoms with Gasteiger partial charge in [0.2, 0.25) is 0 Å². The summed E-state index contributed by atoms with van der Waals surface area (Å²) in [5.41, 5.74) is 11.6. The lowest BCUT2D eigenvalue weighted by molar-refractivity contribution is 1.20. The monoisotopic (exact) mass is 920 g/mol. The first-order chi connectivity index (χ1) is 35.2. The third-order valence-corrected chi connectivity index (χ3v) is 19.3. The van der Waals surface area contributed by atoms with Gasteiger partial charge < -0.3 is 9.47 Å². The molecule has 2 nitrogen and oxygen atoms in total. The van der Waals surface area contributed by atoms with Gasteiger partial charge in [0, 0.05) is 27.5 Å². The number of benzene rings is 12. The summed E-state index contributed by atoms with van der Waals surface area (Å²) < 4.78 is 2.45. The van der Waals surface area contributed by atoms with Gasteiger partial charge in [-0.25, -0.2) is 0 Å². The first-order valence-electron chi connectivity index (χ1n) is 24.5. The predicted octanol–water partition coefficient (Wildman–Crippen LogP) is 15.3. The van der Waals surface area contributed by atoms with Crippen molar-refractivity contribution in [1.82, 2.24) is 4.57 Å². The molecule has 13 rings (SSSR count). The predicted molar refractivity (Wildman–Crippen MR) is 305 cm³/mol. The normalized spacial score (nSPS) is 11.7. The zero-order valence-electron chi connectivity index (χ0n) is 39.1. The maximum absolute atomic E-state index is 2.65. The lowest BCUT2D eigenvalue weighted by Crippen LogP contribution is -2.74. The van der Waals surface area contributed by atoms with Crippen LogP contribution in [0.1, 0.15) is 0 Å². The fourth-order valence-electron chi connectivity index (χ4n) is 11.3. The van der Waals surface area contributed by atoms with E-state index in [9.17, 15) is 0 Å². The molecule has 12 aromatic carbocycles. The maximum atomic E-state index is 2.45. The molecule has 0 aliphatic heterocycles. The van der Waals surface area contributed by atoms with Crippen LogP contribution >= 0.6 is 0 Å². The molecule has 0 radical (unpaired) electrons. The molecule has 0 aliphatic carbocycles. The average molecular weight is 921 g/mol. The van der Waals surface area contributed by atoms with Crippen molar-refractivity contribution >= 4 is 89.2 Å². The Hall–Kier alpha value is -9.02. The second-order valence-corrected chi connectivity index (χ2v) is 22.2. The molecule has 0 aliphatic rings. The number of para-hydroxylation sites is 1. The van der Waals surface area contributed by atoms with Crippen LogP contribution in [-0.4, -0.2) is 12.6 Å². The standard InChI is InChI=1S/C68H48N2Si/c1-4-23-56(24-5-1)71(57-25-6-2-7-26-57,58-27-8-3-9-28-58)59-47-41-50(42-48-59)49-37-43-54(44-38-49)69(55-45-39-53(40-46-55)61-32-16-21-51-19-10-12-29-60(51)61)66-35-18-36-67-68(66)63-31-14-15-33-65(63)70(67)64-34-17-22-52-20-11-13-30-62(52)64/h1-48H. The third kappa shape index (κ3) is 7.17. The molecule has 0 atom stereocenters. The number of hydrogen-bond acceptors (Lipinski definition) is 1. The van der Waals surface area contributed by atoms with E-state index >= 15 is 0 Å². The van der Waals surface area contributed by atoms with Gasteiger partial charge in [0.05, 0.1) is 22.4 Å². The van der Waals surface area contributed by atoms with Crippen molar-refractivity contribution in [2.24, 2.45) is 0 Å². The fourth-order valence-corrected chi connectivity index (χ4v) is 16.1. The molecule has 0 fully saturated rings. The minimum Gasteiger partial charge on any atom is -0.310 e. The highest BCUT2D eigenvalue weighted by molar-refractivity contribution is 7.19. The van der Waals surface area contributed by atoms with Crippen molar-refractivity contribution in [3.05, 3.63) is 291 Å². The van der Waals surface area contributed by atoms with E-state index < -0.39 is 8.07 Å². The highest BCUT2D eigenvalue weighted by atomic mass is 28.3. The van der Waals surface area contributed by atoms with Gasteiger partial charge in [0.1, 0.15) is 0 Å². The lowest BCUT2D eigenvalue weighted by atomic mass is 9.98. The zero-order chi connectivity index (χ0) is 47.1. The summed E-state index contributed by atoms with van der Waals surface area (Å²) in [6, 6.07) is 107. The van der Waals surface area contributed by atoms with Gasteiger partial charge >= 0.3 is 0 Å². The number of rotatable bonds is 10. The van der Waals surface area contributed by atoms with Crippen molar-refractivity contribution in [1.29, 1.82) is 0 Å². The topological polar surface area (TPSA) is 8.17 Å². The van der Waals surface area contributed by atoms with Gasteiger partial charge in [0.25, 0.3) is 0 Å². The SMILES string of the molecule is c1ccc([Si](c2ccccc2)(c2ccccc2)c2ccc(-c3ccc(N(c4ccc(-c5cccc6ccccc56)cc4)c4cccc5c4c4ccccc4n5-c4cccc5ccccc45)cc3)cc2)cc1. The molecule has 0 spiro atoms. The highest BCUT2D eigenvalue weighted by Crippen LogP contribution is 2.45. The van der Waals surface area contributed by atoms with Crippen LogP contribution < -0.4 is 25.6 Å². The minimum absolute atomic E-state index is 1.08. The Labute approximate surface area is 415 Å². The van der Waals surface area contributed by atoms with Gasteiger partial charge in [-0.15, -0.1) is 0 Å². The van der Waals surface area contributed by atoms with Gasteiger partial charge in [0.15, 0.2) is 8.07 Å². The van der Waals surface area contributed by atoms with Gasteiger partial charge in [-0.2, -0.15) is 0 Å². The molecule has 1 aromatic heterocycles. The summed E-state index contributed by atoms with van der Waals surface area (Å²) in [4.78, 5) is 2.45. The average Bonchev–Trinajstić information content (AvgIpc) is 3.79. The van der Waals surface area contributed by atoms with E-state index in [1.54, 1.807) is 0 Å². The number of fused-ring (bicyclic) bond motifs is 5.